The highest BCUT2D eigenvalue weighted by Gasteiger charge is 2.61. The molecule has 1 aromatic rings. The summed E-state index contributed by atoms with van der Waals surface area (Å²) in [6, 6.07) is 9.58. The summed E-state index contributed by atoms with van der Waals surface area (Å²) in [7, 11) is 0. The summed E-state index contributed by atoms with van der Waals surface area (Å²) in [6.07, 6.45) is -1.24. The molecule has 2 heterocycles. The minimum absolute atomic E-state index is 0.156. The maximum Gasteiger partial charge on any atom is 0.256 e. The highest BCUT2D eigenvalue weighted by Crippen LogP contribution is 2.46. The smallest absolute Gasteiger partial charge is 0.256 e. The Morgan fingerprint density at radius 1 is 1.37 bits per heavy atom. The van der Waals surface area contributed by atoms with Crippen molar-refractivity contribution in [2.75, 3.05) is 19.8 Å². The number of amides is 1. The molecule has 0 spiro atoms. The van der Waals surface area contributed by atoms with Crippen molar-refractivity contribution < 1.29 is 19.4 Å². The van der Waals surface area contributed by atoms with Gasteiger partial charge in [0.15, 0.2) is 0 Å². The monoisotopic (exact) mass is 374 g/mol. The third kappa shape index (κ3) is 3.56. The van der Waals surface area contributed by atoms with Gasteiger partial charge in [0.1, 0.15) is 24.7 Å². The third-order valence-corrected chi connectivity index (χ3v) is 5.28. The first kappa shape index (κ1) is 19.7. The fourth-order valence-electron chi connectivity index (χ4n) is 3.79. The molecule has 6 heteroatoms. The first-order chi connectivity index (χ1) is 12.7. The normalized spacial score (nSPS) is 29.7. The number of para-hydroxylation sites is 1. The van der Waals surface area contributed by atoms with Crippen LogP contribution in [0, 0.1) is 5.41 Å². The molecule has 0 bridgehead atoms. The minimum atomic E-state index is -0.889. The van der Waals surface area contributed by atoms with Crippen molar-refractivity contribution in [1.29, 1.82) is 0 Å². The standard InChI is InChI=1S/C21H30N2O4/c1-14(22-11-12-26-15-9-7-6-8-10-15)16-17(24)21(5)13-27-19(20(2,3)4)23(21)18(16)25/h6-10,17,19,22,24H,11-13H2,1-5H3/b16-14+/t17?,19-,21-/m0/s1. The van der Waals surface area contributed by atoms with Gasteiger partial charge in [-0.1, -0.05) is 39.0 Å². The summed E-state index contributed by atoms with van der Waals surface area (Å²) in [5, 5.41) is 14.1. The third-order valence-electron chi connectivity index (χ3n) is 5.28. The lowest BCUT2D eigenvalue weighted by atomic mass is 9.91. The second kappa shape index (κ2) is 7.17. The number of fused-ring (bicyclic) bond motifs is 1. The number of rotatable bonds is 5. The first-order valence-electron chi connectivity index (χ1n) is 9.42. The van der Waals surface area contributed by atoms with Crippen LogP contribution >= 0.6 is 0 Å². The van der Waals surface area contributed by atoms with Crippen LogP contribution in [0.1, 0.15) is 34.6 Å². The Kier molecular flexibility index (Phi) is 5.23. The van der Waals surface area contributed by atoms with Crippen molar-refractivity contribution in [3.8, 4) is 5.75 Å². The Morgan fingerprint density at radius 2 is 2.04 bits per heavy atom. The molecule has 0 radical (unpaired) electrons. The number of ether oxygens (including phenoxy) is 2. The van der Waals surface area contributed by atoms with Gasteiger partial charge in [-0.3, -0.25) is 4.79 Å². The summed E-state index contributed by atoms with van der Waals surface area (Å²) in [6.45, 7) is 11.2. The lowest BCUT2D eigenvalue weighted by Gasteiger charge is -2.36. The highest BCUT2D eigenvalue weighted by atomic mass is 16.5. The van der Waals surface area contributed by atoms with Gasteiger partial charge in [0, 0.05) is 17.7 Å². The SMILES string of the molecule is C/C(NCCOc1ccccc1)=C1\C(=O)N2[C@H](C(C)(C)C)OC[C@@]2(C)C1O. The van der Waals surface area contributed by atoms with Crippen molar-refractivity contribution in [3.63, 3.8) is 0 Å². The Bertz CT molecular complexity index is 725. The Morgan fingerprint density at radius 3 is 2.67 bits per heavy atom. The second-order valence-electron chi connectivity index (χ2n) is 8.59. The van der Waals surface area contributed by atoms with Gasteiger partial charge in [0.25, 0.3) is 5.91 Å². The zero-order valence-electron chi connectivity index (χ0n) is 16.8. The molecule has 0 aliphatic carbocycles. The maximum absolute atomic E-state index is 13.1. The summed E-state index contributed by atoms with van der Waals surface area (Å²) in [5.41, 5.74) is 0.156. The maximum atomic E-state index is 13.1. The number of hydrogen-bond donors (Lipinski definition) is 2. The molecular formula is C21H30N2O4. The zero-order valence-corrected chi connectivity index (χ0v) is 16.8. The van der Waals surface area contributed by atoms with Crippen LogP contribution in [-0.2, 0) is 9.53 Å². The Hall–Kier alpha value is -2.05. The van der Waals surface area contributed by atoms with E-state index in [4.69, 9.17) is 9.47 Å². The van der Waals surface area contributed by atoms with E-state index in [0.717, 1.165) is 5.75 Å². The number of allylic oxidation sites excluding steroid dienone is 1. The molecule has 2 fully saturated rings. The van der Waals surface area contributed by atoms with Gasteiger partial charge in [0.05, 0.1) is 17.7 Å². The largest absolute Gasteiger partial charge is 0.492 e. The van der Waals surface area contributed by atoms with Crippen molar-refractivity contribution in [3.05, 3.63) is 41.6 Å². The topological polar surface area (TPSA) is 71.0 Å². The molecule has 2 aliphatic rings. The molecule has 2 saturated heterocycles. The molecule has 6 nitrogen and oxygen atoms in total. The van der Waals surface area contributed by atoms with Gasteiger partial charge >= 0.3 is 0 Å². The van der Waals surface area contributed by atoms with Crippen LogP contribution in [0.5, 0.6) is 5.75 Å². The van der Waals surface area contributed by atoms with Crippen molar-refractivity contribution in [2.45, 2.75) is 52.5 Å². The van der Waals surface area contributed by atoms with Crippen molar-refractivity contribution in [2.24, 2.45) is 5.41 Å². The van der Waals surface area contributed by atoms with Crippen LogP contribution in [-0.4, -0.2) is 53.5 Å². The number of aliphatic hydroxyl groups excluding tert-OH is 1. The van der Waals surface area contributed by atoms with Crippen LogP contribution in [0.4, 0.5) is 0 Å². The van der Waals surface area contributed by atoms with Gasteiger partial charge in [-0.05, 0) is 26.0 Å². The average molecular weight is 374 g/mol. The fourth-order valence-corrected chi connectivity index (χ4v) is 3.79. The molecule has 0 aromatic heterocycles. The van der Waals surface area contributed by atoms with E-state index in [2.05, 4.69) is 5.32 Å². The molecule has 0 saturated carbocycles. The predicted molar refractivity (Wildman–Crippen MR) is 103 cm³/mol. The first-order valence-corrected chi connectivity index (χ1v) is 9.42. The van der Waals surface area contributed by atoms with Gasteiger partial charge in [0.2, 0.25) is 0 Å². The van der Waals surface area contributed by atoms with E-state index in [0.29, 0.717) is 31.0 Å². The molecular weight excluding hydrogens is 344 g/mol. The summed E-state index contributed by atoms with van der Waals surface area (Å²) < 4.78 is 11.6. The van der Waals surface area contributed by atoms with Gasteiger partial charge in [-0.2, -0.15) is 0 Å². The second-order valence-corrected chi connectivity index (χ2v) is 8.59. The molecule has 2 aliphatic heterocycles. The number of hydrogen-bond acceptors (Lipinski definition) is 5. The number of carbonyl (C=O) groups is 1. The van der Waals surface area contributed by atoms with E-state index in [1.54, 1.807) is 4.90 Å². The Labute approximate surface area is 161 Å². The lowest BCUT2D eigenvalue weighted by Crippen LogP contribution is -2.51. The molecule has 2 N–H and O–H groups in total. The fraction of sp³-hybridized carbons (Fsp3) is 0.571. The van der Waals surface area contributed by atoms with Crippen LogP contribution in [0.15, 0.2) is 41.6 Å². The van der Waals surface area contributed by atoms with E-state index in [9.17, 15) is 9.90 Å². The molecule has 27 heavy (non-hydrogen) atoms. The van der Waals surface area contributed by atoms with Crippen LogP contribution in [0.2, 0.25) is 0 Å². The summed E-state index contributed by atoms with van der Waals surface area (Å²) in [5.74, 6) is 0.649. The predicted octanol–water partition coefficient (Wildman–Crippen LogP) is 2.29. The molecule has 3 atom stereocenters. The van der Waals surface area contributed by atoms with Crippen LogP contribution in [0.3, 0.4) is 0 Å². The summed E-state index contributed by atoms with van der Waals surface area (Å²) in [4.78, 5) is 14.8. The van der Waals surface area contributed by atoms with Crippen molar-refractivity contribution in [1.82, 2.24) is 10.2 Å². The number of benzene rings is 1. The van der Waals surface area contributed by atoms with Crippen LogP contribution in [0.25, 0.3) is 0 Å². The van der Waals surface area contributed by atoms with Gasteiger partial charge in [-0.15, -0.1) is 0 Å². The Balaban J connectivity index is 1.69. The van der Waals surface area contributed by atoms with E-state index in [1.165, 1.54) is 0 Å². The zero-order chi connectivity index (χ0) is 19.8. The molecule has 3 rings (SSSR count). The molecule has 1 amide bonds. The van der Waals surface area contributed by atoms with E-state index >= 15 is 0 Å². The van der Waals surface area contributed by atoms with E-state index in [1.807, 2.05) is 65.0 Å². The summed E-state index contributed by atoms with van der Waals surface area (Å²) >= 11 is 0. The van der Waals surface area contributed by atoms with Crippen LogP contribution < -0.4 is 10.1 Å². The van der Waals surface area contributed by atoms with Gasteiger partial charge < -0.3 is 24.8 Å². The highest BCUT2D eigenvalue weighted by molar-refractivity contribution is 5.99. The van der Waals surface area contributed by atoms with Gasteiger partial charge in [-0.25, -0.2) is 0 Å². The molecule has 148 valence electrons. The number of nitrogens with one attached hydrogen (secondary N) is 1. The quantitative estimate of drug-likeness (QED) is 0.611. The molecule has 1 aromatic carbocycles. The lowest BCUT2D eigenvalue weighted by molar-refractivity contribution is -0.138. The molecule has 1 unspecified atom stereocenters. The number of aliphatic hydroxyl groups is 1. The van der Waals surface area contributed by atoms with Crippen molar-refractivity contribution >= 4 is 5.91 Å². The average Bonchev–Trinajstić information content (AvgIpc) is 3.06. The number of carbonyl (C=O) groups excluding carboxylic acids is 1. The number of nitrogens with zero attached hydrogens (tertiary/aromatic N) is 1. The van der Waals surface area contributed by atoms with E-state index < -0.39 is 11.6 Å². The minimum Gasteiger partial charge on any atom is -0.492 e. The van der Waals surface area contributed by atoms with E-state index in [-0.39, 0.29) is 17.6 Å².